The Kier molecular flexibility index (Phi) is 4.95. The number of fused-ring (bicyclic) bond motifs is 1. The lowest BCUT2D eigenvalue weighted by molar-refractivity contribution is -0.131. The number of carbonyl (C=O) groups excluding carboxylic acids is 1. The Hall–Kier alpha value is -3.65. The van der Waals surface area contributed by atoms with Crippen LogP contribution in [0.2, 0.25) is 0 Å². The lowest BCUT2D eigenvalue weighted by Crippen LogP contribution is -2.27. The largest absolute Gasteiger partial charge is 0.478 e. The molecule has 1 N–H and O–H groups in total. The first kappa shape index (κ1) is 17.2. The first-order chi connectivity index (χ1) is 12.6. The van der Waals surface area contributed by atoms with Gasteiger partial charge in [-0.05, 0) is 24.3 Å². The number of aliphatic carboxylic acids is 1. The Morgan fingerprint density at radius 2 is 2.00 bits per heavy atom. The first-order valence-electron chi connectivity index (χ1n) is 7.98. The highest BCUT2D eigenvalue weighted by Gasteiger charge is 2.22. The number of rotatable bonds is 2. The Labute approximate surface area is 151 Å². The maximum atomic E-state index is 12.2. The Morgan fingerprint density at radius 3 is 2.73 bits per heavy atom. The van der Waals surface area contributed by atoms with Crippen molar-refractivity contribution in [1.29, 1.82) is 0 Å². The van der Waals surface area contributed by atoms with E-state index in [9.17, 15) is 9.59 Å². The highest BCUT2D eigenvalue weighted by atomic mass is 16.4. The summed E-state index contributed by atoms with van der Waals surface area (Å²) >= 11 is 0. The molecule has 0 bridgehead atoms. The van der Waals surface area contributed by atoms with Gasteiger partial charge in [0.15, 0.2) is 0 Å². The molecule has 1 heterocycles. The van der Waals surface area contributed by atoms with Gasteiger partial charge in [0.25, 0.3) is 0 Å². The third-order valence-electron chi connectivity index (χ3n) is 3.93. The van der Waals surface area contributed by atoms with E-state index in [2.05, 4.69) is 16.8 Å². The van der Waals surface area contributed by atoms with Crippen molar-refractivity contribution in [2.75, 3.05) is 18.5 Å². The number of carboxylic acid groups (broad SMARTS) is 1. The average Bonchev–Trinajstić information content (AvgIpc) is 2.77. The number of likely N-dealkylation sites (N-methyl/N-ethyl adjacent to an activating group) is 1. The van der Waals surface area contributed by atoms with Crippen LogP contribution in [-0.2, 0) is 9.59 Å². The van der Waals surface area contributed by atoms with Gasteiger partial charge in [-0.1, -0.05) is 42.2 Å². The maximum absolute atomic E-state index is 12.2. The average molecular weight is 344 g/mol. The number of carboxylic acids is 1. The molecule has 0 spiro atoms. The summed E-state index contributed by atoms with van der Waals surface area (Å²) in [5.74, 6) is 4.48. The minimum absolute atomic E-state index is 0.0811. The van der Waals surface area contributed by atoms with Crippen LogP contribution >= 0.6 is 0 Å². The highest BCUT2D eigenvalue weighted by molar-refractivity contribution is 6.19. The van der Waals surface area contributed by atoms with Gasteiger partial charge >= 0.3 is 5.97 Å². The topological polar surface area (TPSA) is 70.0 Å². The summed E-state index contributed by atoms with van der Waals surface area (Å²) < 4.78 is 0. The van der Waals surface area contributed by atoms with Crippen LogP contribution in [-0.4, -0.2) is 36.3 Å². The standard InChI is InChI=1S/C21H16N2O3/c1-23-18-12-11-15(7-5-6-10-20(25)26)13-17(18)21(22-14-19(23)24)16-8-3-2-4-9-16/h2-4,6,8-13H,14H2,1H3,(H,25,26)/b10-6+. The second-order valence-electron chi connectivity index (χ2n) is 5.66. The Bertz CT molecular complexity index is 979. The second kappa shape index (κ2) is 7.49. The molecule has 0 aromatic heterocycles. The lowest BCUT2D eigenvalue weighted by Gasteiger charge is -2.18. The monoisotopic (exact) mass is 344 g/mol. The van der Waals surface area contributed by atoms with E-state index < -0.39 is 5.97 Å². The molecule has 1 aliphatic rings. The molecule has 0 saturated carbocycles. The van der Waals surface area contributed by atoms with Crippen molar-refractivity contribution >= 4 is 23.3 Å². The zero-order chi connectivity index (χ0) is 18.5. The molecule has 2 aromatic carbocycles. The van der Waals surface area contributed by atoms with Gasteiger partial charge in [0.2, 0.25) is 5.91 Å². The van der Waals surface area contributed by atoms with Gasteiger partial charge < -0.3 is 10.0 Å². The van der Waals surface area contributed by atoms with E-state index in [0.717, 1.165) is 28.6 Å². The third-order valence-corrected chi connectivity index (χ3v) is 3.93. The molecule has 0 aliphatic carbocycles. The number of anilines is 1. The summed E-state index contributed by atoms with van der Waals surface area (Å²) in [5.41, 5.74) is 3.96. The number of amides is 1. The number of allylic oxidation sites excluding steroid dienone is 1. The number of hydrogen-bond donors (Lipinski definition) is 1. The van der Waals surface area contributed by atoms with E-state index in [1.165, 1.54) is 6.08 Å². The summed E-state index contributed by atoms with van der Waals surface area (Å²) in [6.07, 6.45) is 2.27. The molecule has 5 nitrogen and oxygen atoms in total. The lowest BCUT2D eigenvalue weighted by atomic mass is 9.98. The normalized spacial score (nSPS) is 13.5. The van der Waals surface area contributed by atoms with Crippen LogP contribution in [0.4, 0.5) is 5.69 Å². The number of benzodiazepines with no additional fused rings is 1. The summed E-state index contributed by atoms with van der Waals surface area (Å²) in [5, 5.41) is 8.61. The maximum Gasteiger partial charge on any atom is 0.328 e. The zero-order valence-corrected chi connectivity index (χ0v) is 14.1. The summed E-state index contributed by atoms with van der Waals surface area (Å²) in [7, 11) is 1.73. The number of benzene rings is 2. The van der Waals surface area contributed by atoms with Crippen LogP contribution in [0.25, 0.3) is 0 Å². The third kappa shape index (κ3) is 3.70. The van der Waals surface area contributed by atoms with E-state index in [0.29, 0.717) is 5.56 Å². The second-order valence-corrected chi connectivity index (χ2v) is 5.66. The molecular weight excluding hydrogens is 328 g/mol. The molecular formula is C21H16N2O3. The van der Waals surface area contributed by atoms with Crippen molar-refractivity contribution in [2.45, 2.75) is 0 Å². The number of aliphatic imine (C=N–C) groups is 1. The molecule has 3 rings (SSSR count). The molecule has 2 aromatic rings. The molecule has 26 heavy (non-hydrogen) atoms. The zero-order valence-electron chi connectivity index (χ0n) is 14.1. The smallest absolute Gasteiger partial charge is 0.328 e. The number of carbonyl (C=O) groups is 2. The quantitative estimate of drug-likeness (QED) is 0.672. The fraction of sp³-hybridized carbons (Fsp3) is 0.0952. The van der Waals surface area contributed by atoms with Crippen LogP contribution in [0, 0.1) is 11.8 Å². The minimum Gasteiger partial charge on any atom is -0.478 e. The van der Waals surface area contributed by atoms with Gasteiger partial charge in [-0.2, -0.15) is 0 Å². The molecule has 128 valence electrons. The molecule has 0 radical (unpaired) electrons. The molecule has 5 heteroatoms. The molecule has 0 unspecified atom stereocenters. The van der Waals surface area contributed by atoms with Gasteiger partial charge in [0, 0.05) is 29.8 Å². The summed E-state index contributed by atoms with van der Waals surface area (Å²) in [6, 6.07) is 15.2. The van der Waals surface area contributed by atoms with Crippen molar-refractivity contribution in [2.24, 2.45) is 4.99 Å². The molecule has 0 atom stereocenters. The van der Waals surface area contributed by atoms with Crippen molar-refractivity contribution in [3.63, 3.8) is 0 Å². The summed E-state index contributed by atoms with van der Waals surface area (Å²) in [4.78, 5) is 28.8. The van der Waals surface area contributed by atoms with E-state index in [1.54, 1.807) is 18.0 Å². The summed E-state index contributed by atoms with van der Waals surface area (Å²) in [6.45, 7) is 0.0811. The van der Waals surface area contributed by atoms with Crippen LogP contribution in [0.5, 0.6) is 0 Å². The van der Waals surface area contributed by atoms with Crippen molar-refractivity contribution in [1.82, 2.24) is 0 Å². The van der Waals surface area contributed by atoms with E-state index in [-0.39, 0.29) is 12.5 Å². The SMILES string of the molecule is CN1C(=O)CN=C(c2ccccc2)c2cc(C#C/C=C/C(=O)O)ccc21. The van der Waals surface area contributed by atoms with E-state index >= 15 is 0 Å². The van der Waals surface area contributed by atoms with Gasteiger partial charge in [0.1, 0.15) is 6.54 Å². The Morgan fingerprint density at radius 1 is 1.23 bits per heavy atom. The van der Waals surface area contributed by atoms with Crippen molar-refractivity contribution < 1.29 is 14.7 Å². The van der Waals surface area contributed by atoms with E-state index in [1.807, 2.05) is 42.5 Å². The number of hydrogen-bond acceptors (Lipinski definition) is 3. The highest BCUT2D eigenvalue weighted by Crippen LogP contribution is 2.27. The van der Waals surface area contributed by atoms with Crippen molar-refractivity contribution in [3.8, 4) is 11.8 Å². The fourth-order valence-electron chi connectivity index (χ4n) is 2.65. The first-order valence-corrected chi connectivity index (χ1v) is 7.98. The van der Waals surface area contributed by atoms with Crippen LogP contribution in [0.3, 0.4) is 0 Å². The molecule has 0 fully saturated rings. The predicted molar refractivity (Wildman–Crippen MR) is 100 cm³/mol. The van der Waals surface area contributed by atoms with Gasteiger partial charge in [-0.15, -0.1) is 0 Å². The minimum atomic E-state index is -1.04. The predicted octanol–water partition coefficient (Wildman–Crippen LogP) is 2.49. The number of nitrogens with zero attached hydrogens (tertiary/aromatic N) is 2. The fourth-order valence-corrected chi connectivity index (χ4v) is 2.65. The van der Waals surface area contributed by atoms with E-state index in [4.69, 9.17) is 5.11 Å². The van der Waals surface area contributed by atoms with Gasteiger partial charge in [-0.25, -0.2) is 4.79 Å². The van der Waals surface area contributed by atoms with Gasteiger partial charge in [-0.3, -0.25) is 9.79 Å². The molecule has 1 amide bonds. The van der Waals surface area contributed by atoms with Crippen LogP contribution in [0.15, 0.2) is 65.7 Å². The van der Waals surface area contributed by atoms with Crippen molar-refractivity contribution in [3.05, 3.63) is 77.4 Å². The van der Waals surface area contributed by atoms with Crippen LogP contribution in [0.1, 0.15) is 16.7 Å². The molecule has 1 aliphatic heterocycles. The van der Waals surface area contributed by atoms with Crippen LogP contribution < -0.4 is 4.90 Å². The molecule has 0 saturated heterocycles. The van der Waals surface area contributed by atoms with Gasteiger partial charge in [0.05, 0.1) is 11.4 Å². The Balaban J connectivity index is 2.09.